The molecule has 11 heteroatoms. The fourth-order valence-electron chi connectivity index (χ4n) is 4.99. The lowest BCUT2D eigenvalue weighted by Crippen LogP contribution is -2.45. The third-order valence-electron chi connectivity index (χ3n) is 6.91. The molecule has 0 saturated carbocycles. The molecule has 2 aliphatic heterocycles. The summed E-state index contributed by atoms with van der Waals surface area (Å²) in [5.41, 5.74) is 2.58. The summed E-state index contributed by atoms with van der Waals surface area (Å²) in [5, 5.41) is 6.66. The van der Waals surface area contributed by atoms with E-state index in [1.165, 1.54) is 11.0 Å². The van der Waals surface area contributed by atoms with E-state index in [4.69, 9.17) is 4.74 Å². The van der Waals surface area contributed by atoms with Crippen LogP contribution in [0.4, 0.5) is 40.4 Å². The van der Waals surface area contributed by atoms with Crippen molar-refractivity contribution in [2.75, 3.05) is 42.3 Å². The fraction of sp³-hybridized carbons (Fsp3) is 0.538. The first-order valence-corrected chi connectivity index (χ1v) is 12.5. The Bertz CT molecular complexity index is 1100. The molecule has 0 bridgehead atoms. The predicted octanol–water partition coefficient (Wildman–Crippen LogP) is 5.31. The third kappa shape index (κ3) is 6.89. The highest BCUT2D eigenvalue weighted by Gasteiger charge is 2.36. The van der Waals surface area contributed by atoms with Crippen LogP contribution in [0.15, 0.2) is 30.5 Å². The van der Waals surface area contributed by atoms with E-state index in [0.717, 1.165) is 18.3 Å². The van der Waals surface area contributed by atoms with Gasteiger partial charge in [-0.05, 0) is 70.5 Å². The van der Waals surface area contributed by atoms with Crippen molar-refractivity contribution in [2.24, 2.45) is 5.92 Å². The fourth-order valence-corrected chi connectivity index (χ4v) is 4.99. The Balaban J connectivity index is 1.59. The van der Waals surface area contributed by atoms with Gasteiger partial charge in [-0.25, -0.2) is 9.37 Å². The van der Waals surface area contributed by atoms with E-state index < -0.39 is 24.5 Å². The average molecular weight is 524 g/mol. The van der Waals surface area contributed by atoms with Crippen LogP contribution in [0.3, 0.4) is 0 Å². The Morgan fingerprint density at radius 2 is 1.97 bits per heavy atom. The third-order valence-corrected chi connectivity index (χ3v) is 6.91. The number of pyridine rings is 1. The van der Waals surface area contributed by atoms with Gasteiger partial charge in [-0.2, -0.15) is 13.2 Å². The predicted molar refractivity (Wildman–Crippen MR) is 135 cm³/mol. The standard InChI is InChI=1S/C26H33F4N5O2/c1-16(10-17(2)37-3)32-21-4-5-22-23(12-21)35(14-19-11-20(27)13-31-24(19)33-22)25(36)18-6-8-34(9-7-18)15-26(28,29)30/h4-5,11-13,16-18,32H,6-10,14-15H2,1-3H3,(H,31,33)/t16-,17-/m1/s1. The molecule has 2 atom stereocenters. The summed E-state index contributed by atoms with van der Waals surface area (Å²) in [5.74, 6) is -0.674. The summed E-state index contributed by atoms with van der Waals surface area (Å²) in [4.78, 5) is 20.9. The van der Waals surface area contributed by atoms with Crippen molar-refractivity contribution in [3.8, 4) is 0 Å². The molecule has 1 amide bonds. The summed E-state index contributed by atoms with van der Waals surface area (Å²) in [6.45, 7) is 3.54. The Morgan fingerprint density at radius 3 is 2.65 bits per heavy atom. The molecule has 1 aromatic heterocycles. The number of alkyl halides is 3. The number of anilines is 4. The number of likely N-dealkylation sites (tertiary alicyclic amines) is 1. The minimum absolute atomic E-state index is 0.0711. The highest BCUT2D eigenvalue weighted by Crippen LogP contribution is 2.39. The minimum atomic E-state index is -4.27. The molecule has 7 nitrogen and oxygen atoms in total. The molecule has 3 heterocycles. The van der Waals surface area contributed by atoms with Crippen LogP contribution in [0.1, 0.15) is 38.7 Å². The Labute approximate surface area is 214 Å². The van der Waals surface area contributed by atoms with Crippen molar-refractivity contribution in [3.63, 3.8) is 0 Å². The molecule has 2 N–H and O–H groups in total. The minimum Gasteiger partial charge on any atom is -0.382 e. The van der Waals surface area contributed by atoms with Crippen LogP contribution in [0.25, 0.3) is 0 Å². The van der Waals surface area contributed by atoms with Crippen LogP contribution < -0.4 is 15.5 Å². The lowest BCUT2D eigenvalue weighted by molar-refractivity contribution is -0.149. The number of carbonyl (C=O) groups is 1. The zero-order valence-electron chi connectivity index (χ0n) is 21.2. The van der Waals surface area contributed by atoms with Gasteiger partial charge in [-0.1, -0.05) is 0 Å². The van der Waals surface area contributed by atoms with Crippen LogP contribution in [0.5, 0.6) is 0 Å². The summed E-state index contributed by atoms with van der Waals surface area (Å²) < 4.78 is 57.8. The number of piperidine rings is 1. The normalized spacial score (nSPS) is 18.3. The van der Waals surface area contributed by atoms with Crippen LogP contribution >= 0.6 is 0 Å². The van der Waals surface area contributed by atoms with E-state index >= 15 is 0 Å². The molecule has 1 saturated heterocycles. The zero-order valence-corrected chi connectivity index (χ0v) is 21.2. The van der Waals surface area contributed by atoms with Gasteiger partial charge >= 0.3 is 6.18 Å². The number of hydrogen-bond donors (Lipinski definition) is 2. The first-order chi connectivity index (χ1) is 17.5. The number of rotatable bonds is 7. The molecule has 0 unspecified atom stereocenters. The summed E-state index contributed by atoms with van der Waals surface area (Å²) >= 11 is 0. The second-order valence-corrected chi connectivity index (χ2v) is 9.94. The highest BCUT2D eigenvalue weighted by molar-refractivity contribution is 6.00. The van der Waals surface area contributed by atoms with E-state index in [9.17, 15) is 22.4 Å². The van der Waals surface area contributed by atoms with Crippen molar-refractivity contribution in [2.45, 2.75) is 58.0 Å². The molecule has 0 spiro atoms. The highest BCUT2D eigenvalue weighted by atomic mass is 19.4. The van der Waals surface area contributed by atoms with Crippen LogP contribution in [0.2, 0.25) is 0 Å². The SMILES string of the molecule is CO[C@H](C)C[C@@H](C)Nc1ccc2c(c1)N(C(=O)C1CCN(CC(F)(F)F)CC1)Cc1cc(F)cnc1N2. The number of amides is 1. The molecular formula is C26H33F4N5O2. The topological polar surface area (TPSA) is 69.7 Å². The maximum Gasteiger partial charge on any atom is 0.401 e. The van der Waals surface area contributed by atoms with Gasteiger partial charge < -0.3 is 20.3 Å². The smallest absolute Gasteiger partial charge is 0.382 e. The summed E-state index contributed by atoms with van der Waals surface area (Å²) in [6.07, 6.45) is -1.65. The van der Waals surface area contributed by atoms with Crippen LogP contribution in [-0.4, -0.2) is 60.9 Å². The largest absolute Gasteiger partial charge is 0.401 e. The second-order valence-electron chi connectivity index (χ2n) is 9.94. The van der Waals surface area contributed by atoms with Crippen molar-refractivity contribution < 1.29 is 27.1 Å². The number of carbonyl (C=O) groups excluding carboxylic acids is 1. The number of aromatic nitrogens is 1. The lowest BCUT2D eigenvalue weighted by atomic mass is 9.94. The maximum atomic E-state index is 14.0. The van der Waals surface area contributed by atoms with Crippen molar-refractivity contribution in [1.29, 1.82) is 0 Å². The van der Waals surface area contributed by atoms with E-state index in [-0.39, 0.29) is 37.7 Å². The first-order valence-electron chi connectivity index (χ1n) is 12.5. The number of nitrogens with one attached hydrogen (secondary N) is 2. The van der Waals surface area contributed by atoms with Gasteiger partial charge in [0.1, 0.15) is 11.6 Å². The Hall–Kier alpha value is -2.92. The molecule has 1 aromatic carbocycles. The maximum absolute atomic E-state index is 14.0. The molecule has 4 rings (SSSR count). The van der Waals surface area contributed by atoms with Crippen molar-refractivity contribution in [3.05, 3.63) is 41.8 Å². The van der Waals surface area contributed by atoms with Gasteiger partial charge in [0.05, 0.1) is 36.8 Å². The molecule has 37 heavy (non-hydrogen) atoms. The van der Waals surface area contributed by atoms with Gasteiger partial charge in [0.2, 0.25) is 5.91 Å². The van der Waals surface area contributed by atoms with E-state index in [1.807, 2.05) is 32.0 Å². The molecule has 2 aromatic rings. The van der Waals surface area contributed by atoms with Gasteiger partial charge in [0.25, 0.3) is 0 Å². The summed E-state index contributed by atoms with van der Waals surface area (Å²) in [6, 6.07) is 7.06. The van der Waals surface area contributed by atoms with Crippen LogP contribution in [0, 0.1) is 11.7 Å². The number of benzene rings is 1. The van der Waals surface area contributed by atoms with Crippen molar-refractivity contribution >= 4 is 28.8 Å². The number of nitrogens with zero attached hydrogens (tertiary/aromatic N) is 3. The molecule has 0 radical (unpaired) electrons. The number of hydrogen-bond acceptors (Lipinski definition) is 6. The molecule has 0 aliphatic carbocycles. The number of halogens is 4. The quantitative estimate of drug-likeness (QED) is 0.480. The van der Waals surface area contributed by atoms with E-state index in [0.29, 0.717) is 35.6 Å². The Morgan fingerprint density at radius 1 is 1.24 bits per heavy atom. The Kier molecular flexibility index (Phi) is 8.23. The lowest BCUT2D eigenvalue weighted by Gasteiger charge is -2.34. The number of ether oxygens (including phenoxy) is 1. The van der Waals surface area contributed by atoms with Gasteiger partial charge in [0.15, 0.2) is 0 Å². The van der Waals surface area contributed by atoms with Gasteiger partial charge in [-0.3, -0.25) is 9.69 Å². The van der Waals surface area contributed by atoms with E-state index in [1.54, 1.807) is 12.0 Å². The van der Waals surface area contributed by atoms with Gasteiger partial charge in [-0.15, -0.1) is 0 Å². The average Bonchev–Trinajstić information content (AvgIpc) is 2.99. The van der Waals surface area contributed by atoms with Crippen molar-refractivity contribution in [1.82, 2.24) is 9.88 Å². The number of methoxy groups -OCH3 is 1. The van der Waals surface area contributed by atoms with Crippen LogP contribution in [-0.2, 0) is 16.1 Å². The molecular weight excluding hydrogens is 490 g/mol. The molecule has 2 aliphatic rings. The first kappa shape index (κ1) is 27.1. The number of fused-ring (bicyclic) bond motifs is 2. The molecule has 202 valence electrons. The zero-order chi connectivity index (χ0) is 26.7. The monoisotopic (exact) mass is 523 g/mol. The molecule has 1 fully saturated rings. The van der Waals surface area contributed by atoms with E-state index in [2.05, 4.69) is 15.6 Å². The summed E-state index contributed by atoms with van der Waals surface area (Å²) in [7, 11) is 1.66. The van der Waals surface area contributed by atoms with Gasteiger partial charge in [0, 0.05) is 30.3 Å². The second kappa shape index (κ2) is 11.2.